The number of urea groups is 1. The molecule has 1 saturated heterocycles. The van der Waals surface area contributed by atoms with Crippen LogP contribution in [0.25, 0.3) is 0 Å². The van der Waals surface area contributed by atoms with Gasteiger partial charge in [0.2, 0.25) is 0 Å². The van der Waals surface area contributed by atoms with Gasteiger partial charge >= 0.3 is 6.03 Å². The van der Waals surface area contributed by atoms with Crippen molar-refractivity contribution >= 4 is 6.03 Å². The summed E-state index contributed by atoms with van der Waals surface area (Å²) in [5.41, 5.74) is 1.18. The summed E-state index contributed by atoms with van der Waals surface area (Å²) in [7, 11) is 0. The molecule has 0 radical (unpaired) electrons. The quantitative estimate of drug-likeness (QED) is 0.858. The highest BCUT2D eigenvalue weighted by Gasteiger charge is 2.29. The summed E-state index contributed by atoms with van der Waals surface area (Å²) in [6, 6.07) is 10.2. The van der Waals surface area contributed by atoms with Crippen LogP contribution in [0.4, 0.5) is 4.79 Å². The highest BCUT2D eigenvalue weighted by molar-refractivity contribution is 5.75. The maximum atomic E-state index is 12.0. The SMILES string of the molecule is C[C@@H](O)CNC(=O)N1CCCC1c1ccccc1. The van der Waals surface area contributed by atoms with Gasteiger partial charge in [0.05, 0.1) is 12.1 Å². The molecule has 4 nitrogen and oxygen atoms in total. The zero-order chi connectivity index (χ0) is 13.0. The number of nitrogens with zero attached hydrogens (tertiary/aromatic N) is 1. The molecule has 2 rings (SSSR count). The maximum Gasteiger partial charge on any atom is 0.318 e. The van der Waals surface area contributed by atoms with Gasteiger partial charge in [-0.1, -0.05) is 30.3 Å². The molecule has 0 aromatic heterocycles. The molecule has 0 saturated carbocycles. The van der Waals surface area contributed by atoms with Crippen LogP contribution in [0.5, 0.6) is 0 Å². The Hall–Kier alpha value is -1.55. The van der Waals surface area contributed by atoms with E-state index in [1.165, 1.54) is 5.56 Å². The highest BCUT2D eigenvalue weighted by Crippen LogP contribution is 2.31. The zero-order valence-corrected chi connectivity index (χ0v) is 10.7. The molecule has 4 heteroatoms. The molecule has 1 heterocycles. The molecule has 0 bridgehead atoms. The topological polar surface area (TPSA) is 52.6 Å². The first-order chi connectivity index (χ1) is 8.68. The summed E-state index contributed by atoms with van der Waals surface area (Å²) in [5, 5.41) is 12.0. The number of likely N-dealkylation sites (tertiary alicyclic amines) is 1. The molecule has 1 unspecified atom stereocenters. The number of amides is 2. The molecule has 0 aliphatic carbocycles. The number of carbonyl (C=O) groups excluding carboxylic acids is 1. The molecule has 0 spiro atoms. The van der Waals surface area contributed by atoms with Crippen molar-refractivity contribution in [3.05, 3.63) is 35.9 Å². The van der Waals surface area contributed by atoms with Crippen molar-refractivity contribution in [2.45, 2.75) is 31.9 Å². The van der Waals surface area contributed by atoms with Crippen LogP contribution in [-0.4, -0.2) is 35.2 Å². The predicted octanol–water partition coefficient (Wildman–Crippen LogP) is 1.91. The van der Waals surface area contributed by atoms with E-state index < -0.39 is 6.10 Å². The largest absolute Gasteiger partial charge is 0.392 e. The third kappa shape index (κ3) is 3.01. The first-order valence-electron chi connectivity index (χ1n) is 6.46. The van der Waals surface area contributed by atoms with Crippen molar-refractivity contribution in [3.8, 4) is 0 Å². The standard InChI is InChI=1S/C14H20N2O2/c1-11(17)10-15-14(18)16-9-5-8-13(16)12-6-3-2-4-7-12/h2-4,6-7,11,13,17H,5,8-10H2,1H3,(H,15,18)/t11-,13?/m1/s1. The van der Waals surface area contributed by atoms with Crippen molar-refractivity contribution in [1.82, 2.24) is 10.2 Å². The van der Waals surface area contributed by atoms with Crippen molar-refractivity contribution in [2.75, 3.05) is 13.1 Å². The molecular formula is C14H20N2O2. The molecule has 2 amide bonds. The lowest BCUT2D eigenvalue weighted by molar-refractivity contribution is 0.169. The smallest absolute Gasteiger partial charge is 0.318 e. The lowest BCUT2D eigenvalue weighted by Gasteiger charge is -2.25. The van der Waals surface area contributed by atoms with E-state index in [1.807, 2.05) is 23.1 Å². The summed E-state index contributed by atoms with van der Waals surface area (Å²) in [5.74, 6) is 0. The minimum atomic E-state index is -0.508. The zero-order valence-electron chi connectivity index (χ0n) is 10.7. The van der Waals surface area contributed by atoms with Gasteiger partial charge in [0, 0.05) is 13.1 Å². The summed E-state index contributed by atoms with van der Waals surface area (Å²) in [6.45, 7) is 2.75. The number of hydrogen-bond acceptors (Lipinski definition) is 2. The van der Waals surface area contributed by atoms with E-state index in [0.29, 0.717) is 6.54 Å². The molecule has 98 valence electrons. The minimum Gasteiger partial charge on any atom is -0.392 e. The summed E-state index contributed by atoms with van der Waals surface area (Å²) < 4.78 is 0. The van der Waals surface area contributed by atoms with Crippen molar-refractivity contribution < 1.29 is 9.90 Å². The molecular weight excluding hydrogens is 228 g/mol. The normalized spacial score (nSPS) is 20.8. The Bertz CT molecular complexity index is 392. The number of hydrogen-bond donors (Lipinski definition) is 2. The molecule has 1 aromatic carbocycles. The van der Waals surface area contributed by atoms with Gasteiger partial charge in [0.15, 0.2) is 0 Å². The van der Waals surface area contributed by atoms with Crippen LogP contribution >= 0.6 is 0 Å². The molecule has 1 fully saturated rings. The predicted molar refractivity (Wildman–Crippen MR) is 70.2 cm³/mol. The average molecular weight is 248 g/mol. The monoisotopic (exact) mass is 248 g/mol. The number of aliphatic hydroxyl groups is 1. The number of carbonyl (C=O) groups is 1. The Morgan fingerprint density at radius 3 is 2.89 bits per heavy atom. The van der Waals surface area contributed by atoms with E-state index in [-0.39, 0.29) is 12.1 Å². The minimum absolute atomic E-state index is 0.0812. The second-order valence-corrected chi connectivity index (χ2v) is 4.80. The van der Waals surface area contributed by atoms with Gasteiger partial charge in [-0.3, -0.25) is 0 Å². The molecule has 1 aliphatic rings. The average Bonchev–Trinajstić information content (AvgIpc) is 2.86. The fourth-order valence-electron chi connectivity index (χ4n) is 2.37. The van der Waals surface area contributed by atoms with Crippen molar-refractivity contribution in [3.63, 3.8) is 0 Å². The fraction of sp³-hybridized carbons (Fsp3) is 0.500. The molecule has 2 atom stereocenters. The van der Waals surface area contributed by atoms with Crippen LogP contribution in [0.15, 0.2) is 30.3 Å². The Morgan fingerprint density at radius 1 is 1.50 bits per heavy atom. The second-order valence-electron chi connectivity index (χ2n) is 4.80. The van der Waals surface area contributed by atoms with Crippen molar-refractivity contribution in [1.29, 1.82) is 0 Å². The van der Waals surface area contributed by atoms with Crippen LogP contribution < -0.4 is 5.32 Å². The highest BCUT2D eigenvalue weighted by atomic mass is 16.3. The van der Waals surface area contributed by atoms with Crippen molar-refractivity contribution in [2.24, 2.45) is 0 Å². The first kappa shape index (κ1) is 12.9. The van der Waals surface area contributed by atoms with Crippen LogP contribution in [0.1, 0.15) is 31.4 Å². The fourth-order valence-corrected chi connectivity index (χ4v) is 2.37. The van der Waals surface area contributed by atoms with Crippen LogP contribution in [0.3, 0.4) is 0 Å². The van der Waals surface area contributed by atoms with Gasteiger partial charge in [-0.2, -0.15) is 0 Å². The van der Waals surface area contributed by atoms with E-state index in [9.17, 15) is 9.90 Å². The third-order valence-electron chi connectivity index (χ3n) is 3.25. The Labute approximate surface area is 108 Å². The number of rotatable bonds is 3. The van der Waals surface area contributed by atoms with Crippen LogP contribution in [0, 0.1) is 0 Å². The van der Waals surface area contributed by atoms with Gasteiger partial charge in [0.1, 0.15) is 0 Å². The Balaban J connectivity index is 2.01. The van der Waals surface area contributed by atoms with Gasteiger partial charge < -0.3 is 15.3 Å². The Kier molecular flexibility index (Phi) is 4.20. The molecule has 18 heavy (non-hydrogen) atoms. The molecule has 1 aromatic rings. The summed E-state index contributed by atoms with van der Waals surface area (Å²) in [4.78, 5) is 13.9. The lowest BCUT2D eigenvalue weighted by Crippen LogP contribution is -2.42. The molecule has 1 aliphatic heterocycles. The van der Waals surface area contributed by atoms with Crippen LogP contribution in [0.2, 0.25) is 0 Å². The van der Waals surface area contributed by atoms with E-state index in [0.717, 1.165) is 19.4 Å². The summed E-state index contributed by atoms with van der Waals surface area (Å²) in [6.07, 6.45) is 1.53. The molecule has 2 N–H and O–H groups in total. The maximum absolute atomic E-state index is 12.0. The number of aliphatic hydroxyl groups excluding tert-OH is 1. The number of benzene rings is 1. The van der Waals surface area contributed by atoms with E-state index in [2.05, 4.69) is 17.4 Å². The lowest BCUT2D eigenvalue weighted by atomic mass is 10.1. The van der Waals surface area contributed by atoms with Gasteiger partial charge in [0.25, 0.3) is 0 Å². The van der Waals surface area contributed by atoms with Gasteiger partial charge in [-0.25, -0.2) is 4.79 Å². The van der Waals surface area contributed by atoms with Gasteiger partial charge in [-0.15, -0.1) is 0 Å². The van der Waals surface area contributed by atoms with Crippen LogP contribution in [-0.2, 0) is 0 Å². The van der Waals surface area contributed by atoms with Gasteiger partial charge in [-0.05, 0) is 25.3 Å². The van der Waals surface area contributed by atoms with E-state index in [4.69, 9.17) is 0 Å². The Morgan fingerprint density at radius 2 is 2.22 bits per heavy atom. The number of nitrogens with one attached hydrogen (secondary N) is 1. The first-order valence-corrected chi connectivity index (χ1v) is 6.46. The summed E-state index contributed by atoms with van der Waals surface area (Å²) >= 11 is 0. The second kappa shape index (κ2) is 5.87. The third-order valence-corrected chi connectivity index (χ3v) is 3.25. The van der Waals surface area contributed by atoms with E-state index in [1.54, 1.807) is 6.92 Å². The van der Waals surface area contributed by atoms with E-state index >= 15 is 0 Å².